The van der Waals surface area contributed by atoms with Crippen molar-refractivity contribution in [2.24, 2.45) is 0 Å². The van der Waals surface area contributed by atoms with Crippen molar-refractivity contribution in [1.82, 2.24) is 10.2 Å². The number of amides is 1. The molecule has 0 spiro atoms. The first kappa shape index (κ1) is 17.8. The van der Waals surface area contributed by atoms with Crippen LogP contribution in [-0.4, -0.2) is 24.9 Å². The second kappa shape index (κ2) is 6.94. The Morgan fingerprint density at radius 2 is 2.03 bits per heavy atom. The molecule has 0 atom stereocenters. The van der Waals surface area contributed by atoms with Crippen LogP contribution in [0.25, 0.3) is 28.3 Å². The highest BCUT2D eigenvalue weighted by molar-refractivity contribution is 7.17. The molecule has 0 unspecified atom stereocenters. The zero-order valence-electron chi connectivity index (χ0n) is 16.2. The number of furan rings is 1. The molecule has 5 heteroatoms. The Bertz CT molecular complexity index is 1350. The van der Waals surface area contributed by atoms with E-state index in [0.29, 0.717) is 5.56 Å². The number of benzene rings is 1. The van der Waals surface area contributed by atoms with E-state index in [9.17, 15) is 4.79 Å². The number of carbonyl (C=O) groups is 1. The maximum Gasteiger partial charge on any atom is 0.256 e. The van der Waals surface area contributed by atoms with Gasteiger partial charge in [-0.2, -0.15) is 0 Å². The average molecular weight is 401 g/mol. The third-order valence-corrected chi connectivity index (χ3v) is 6.17. The molecule has 0 aliphatic heterocycles. The number of hydrogen-bond acceptors (Lipinski definition) is 4. The quantitative estimate of drug-likeness (QED) is 0.733. The van der Waals surface area contributed by atoms with Crippen molar-refractivity contribution in [2.45, 2.75) is 6.42 Å². The number of thiophene rings is 1. The van der Waals surface area contributed by atoms with E-state index in [1.165, 1.54) is 5.70 Å². The Balaban J connectivity index is 1.50. The summed E-state index contributed by atoms with van der Waals surface area (Å²) in [5.74, 6) is -0.105. The SMILES string of the molecule is CN(C)C1=CC=c2oc3c(c2C1)C=C(NC(=O)c1cccc2sccc12)C=CC=3. The Kier molecular flexibility index (Phi) is 4.25. The minimum absolute atomic E-state index is 0.105. The smallest absolute Gasteiger partial charge is 0.256 e. The van der Waals surface area contributed by atoms with Crippen LogP contribution < -0.4 is 16.1 Å². The second-order valence-electron chi connectivity index (χ2n) is 7.34. The van der Waals surface area contributed by atoms with E-state index in [4.69, 9.17) is 4.42 Å². The molecule has 0 saturated carbocycles. The van der Waals surface area contributed by atoms with Gasteiger partial charge in [0.05, 0.1) is 0 Å². The third kappa shape index (κ3) is 3.13. The zero-order valence-corrected chi connectivity index (χ0v) is 17.0. The van der Waals surface area contributed by atoms with E-state index in [1.807, 2.05) is 74.1 Å². The predicted octanol–water partition coefficient (Wildman–Crippen LogP) is 3.40. The standard InChI is InChI=1S/C24H20N2O2S/c1-26(2)16-9-10-22-20(14-16)19-13-15(5-3-7-21(19)28-22)25-24(27)18-6-4-8-23-17(18)11-12-29-23/h3-13H,14H2,1-2H3,(H,25,27). The molecule has 0 radical (unpaired) electrons. The zero-order chi connectivity index (χ0) is 20.0. The highest BCUT2D eigenvalue weighted by Gasteiger charge is 2.18. The molecule has 1 aromatic carbocycles. The first-order chi connectivity index (χ1) is 14.1. The fraction of sp³-hybridized carbons (Fsp3) is 0.125. The number of fused-ring (bicyclic) bond motifs is 4. The highest BCUT2D eigenvalue weighted by Crippen LogP contribution is 2.24. The van der Waals surface area contributed by atoms with Crippen LogP contribution in [0.3, 0.4) is 0 Å². The summed E-state index contributed by atoms with van der Waals surface area (Å²) < 4.78 is 7.15. The highest BCUT2D eigenvalue weighted by atomic mass is 32.1. The van der Waals surface area contributed by atoms with Crippen molar-refractivity contribution in [2.75, 3.05) is 14.1 Å². The van der Waals surface area contributed by atoms with Gasteiger partial charge in [-0.15, -0.1) is 11.3 Å². The molecule has 2 aliphatic carbocycles. The van der Waals surface area contributed by atoms with Gasteiger partial charge in [-0.3, -0.25) is 4.79 Å². The van der Waals surface area contributed by atoms with Crippen LogP contribution in [0.4, 0.5) is 0 Å². The van der Waals surface area contributed by atoms with E-state index >= 15 is 0 Å². The number of allylic oxidation sites excluding steroid dienone is 4. The first-order valence-electron chi connectivity index (χ1n) is 9.48. The van der Waals surface area contributed by atoms with Crippen molar-refractivity contribution in [1.29, 1.82) is 0 Å². The van der Waals surface area contributed by atoms with Crippen molar-refractivity contribution in [3.63, 3.8) is 0 Å². The summed E-state index contributed by atoms with van der Waals surface area (Å²) in [7, 11) is 4.09. The van der Waals surface area contributed by atoms with Gasteiger partial charge in [0.25, 0.3) is 5.91 Å². The number of nitrogens with zero attached hydrogens (tertiary/aromatic N) is 1. The van der Waals surface area contributed by atoms with Crippen LogP contribution in [-0.2, 0) is 6.42 Å². The minimum Gasteiger partial charge on any atom is -0.456 e. The molecule has 0 bridgehead atoms. The molecule has 0 saturated heterocycles. The third-order valence-electron chi connectivity index (χ3n) is 5.29. The fourth-order valence-electron chi connectivity index (χ4n) is 3.75. The number of rotatable bonds is 3. The monoisotopic (exact) mass is 400 g/mol. The van der Waals surface area contributed by atoms with E-state index in [1.54, 1.807) is 11.3 Å². The van der Waals surface area contributed by atoms with E-state index < -0.39 is 0 Å². The molecule has 1 amide bonds. The first-order valence-corrected chi connectivity index (χ1v) is 10.4. The lowest BCUT2D eigenvalue weighted by Gasteiger charge is -2.18. The number of nitrogens with one attached hydrogen (secondary N) is 1. The maximum atomic E-state index is 13.0. The summed E-state index contributed by atoms with van der Waals surface area (Å²) >= 11 is 1.64. The van der Waals surface area contributed by atoms with Crippen LogP contribution >= 0.6 is 11.3 Å². The Hall–Kier alpha value is -3.31. The Morgan fingerprint density at radius 3 is 2.90 bits per heavy atom. The van der Waals surface area contributed by atoms with E-state index in [2.05, 4.69) is 16.3 Å². The number of hydrogen-bond donors (Lipinski definition) is 1. The van der Waals surface area contributed by atoms with Crippen molar-refractivity contribution >= 4 is 45.6 Å². The largest absolute Gasteiger partial charge is 0.456 e. The van der Waals surface area contributed by atoms with Gasteiger partial charge in [0, 0.05) is 58.7 Å². The molecule has 3 aromatic rings. The van der Waals surface area contributed by atoms with E-state index in [-0.39, 0.29) is 5.91 Å². The molecule has 5 rings (SSSR count). The molecule has 144 valence electrons. The normalized spacial score (nSPS) is 14.7. The summed E-state index contributed by atoms with van der Waals surface area (Å²) in [6.07, 6.45) is 12.7. The Morgan fingerprint density at radius 1 is 1.14 bits per heavy atom. The number of carbonyl (C=O) groups excluding carboxylic acids is 1. The molecule has 4 nitrogen and oxygen atoms in total. The lowest BCUT2D eigenvalue weighted by Crippen LogP contribution is -2.22. The topological polar surface area (TPSA) is 45.5 Å². The average Bonchev–Trinajstić information content (AvgIpc) is 3.27. The maximum absolute atomic E-state index is 13.0. The lowest BCUT2D eigenvalue weighted by molar-refractivity contribution is 0.0969. The summed E-state index contributed by atoms with van der Waals surface area (Å²) in [4.78, 5) is 15.1. The molecular weight excluding hydrogens is 380 g/mol. The van der Waals surface area contributed by atoms with Gasteiger partial charge in [-0.1, -0.05) is 12.1 Å². The van der Waals surface area contributed by atoms with Gasteiger partial charge < -0.3 is 14.6 Å². The van der Waals surface area contributed by atoms with Crippen molar-refractivity contribution < 1.29 is 9.21 Å². The van der Waals surface area contributed by atoms with Gasteiger partial charge in [-0.25, -0.2) is 0 Å². The van der Waals surface area contributed by atoms with Gasteiger partial charge in [-0.05, 0) is 54.0 Å². The van der Waals surface area contributed by atoms with Crippen LogP contribution in [0, 0.1) is 0 Å². The summed E-state index contributed by atoms with van der Waals surface area (Å²) in [6.45, 7) is 0. The van der Waals surface area contributed by atoms with E-state index in [0.717, 1.165) is 44.2 Å². The summed E-state index contributed by atoms with van der Waals surface area (Å²) in [5, 5.41) is 6.07. The molecule has 0 fully saturated rings. The van der Waals surface area contributed by atoms with Gasteiger partial charge >= 0.3 is 0 Å². The predicted molar refractivity (Wildman–Crippen MR) is 119 cm³/mol. The molecule has 2 heterocycles. The van der Waals surface area contributed by atoms with Crippen LogP contribution in [0.2, 0.25) is 0 Å². The van der Waals surface area contributed by atoms with Crippen LogP contribution in [0.1, 0.15) is 21.5 Å². The van der Waals surface area contributed by atoms with Crippen molar-refractivity contribution in [3.8, 4) is 0 Å². The minimum atomic E-state index is -0.105. The molecule has 2 aromatic heterocycles. The fourth-order valence-corrected chi connectivity index (χ4v) is 4.56. The van der Waals surface area contributed by atoms with Gasteiger partial charge in [0.15, 0.2) is 0 Å². The molecule has 2 aliphatic rings. The summed E-state index contributed by atoms with van der Waals surface area (Å²) in [6, 6.07) is 7.82. The van der Waals surface area contributed by atoms with Crippen LogP contribution in [0.5, 0.6) is 0 Å². The molecular formula is C24H20N2O2S. The summed E-state index contributed by atoms with van der Waals surface area (Å²) in [5.41, 5.74) is 6.54. The number of likely N-dealkylation sites (N-methyl/N-ethyl adjacent to an activating group) is 1. The second-order valence-corrected chi connectivity index (χ2v) is 8.28. The molecule has 1 N–H and O–H groups in total. The van der Waals surface area contributed by atoms with Crippen LogP contribution in [0.15, 0.2) is 63.7 Å². The van der Waals surface area contributed by atoms with Gasteiger partial charge in [0.2, 0.25) is 0 Å². The molecule has 29 heavy (non-hydrogen) atoms. The van der Waals surface area contributed by atoms with Crippen molar-refractivity contribution in [3.05, 3.63) is 86.8 Å². The van der Waals surface area contributed by atoms with Gasteiger partial charge in [0.1, 0.15) is 10.8 Å². The lowest BCUT2D eigenvalue weighted by atomic mass is 10.0. The Labute approximate surface area is 172 Å².